The maximum Gasteiger partial charge on any atom is 0.432 e. The highest BCUT2D eigenvalue weighted by Gasteiger charge is 2.39. The van der Waals surface area contributed by atoms with Gasteiger partial charge in [-0.25, -0.2) is 9.18 Å². The van der Waals surface area contributed by atoms with Crippen LogP contribution in [0.2, 0.25) is 0 Å². The molecule has 0 aliphatic carbocycles. The van der Waals surface area contributed by atoms with Crippen LogP contribution in [0.25, 0.3) is 11.1 Å². The van der Waals surface area contributed by atoms with Crippen LogP contribution in [0.5, 0.6) is 5.75 Å². The Morgan fingerprint density at radius 1 is 1.32 bits per heavy atom. The first kappa shape index (κ1) is 18.3. The van der Waals surface area contributed by atoms with Gasteiger partial charge in [0, 0.05) is 12.6 Å². The molecule has 2 aromatic rings. The van der Waals surface area contributed by atoms with E-state index in [4.69, 9.17) is 10.00 Å². The van der Waals surface area contributed by atoms with E-state index in [-0.39, 0.29) is 22.5 Å². The van der Waals surface area contributed by atoms with Crippen molar-refractivity contribution in [2.45, 2.75) is 13.1 Å². The molecule has 1 N–H and O–H groups in total. The zero-order valence-electron chi connectivity index (χ0n) is 13.0. The molecule has 25 heavy (non-hydrogen) atoms. The molecule has 6 nitrogen and oxygen atoms in total. The topological polar surface area (TPSA) is 87.9 Å². The molecule has 10 heteroatoms. The number of nitriles is 1. The summed E-state index contributed by atoms with van der Waals surface area (Å²) >= 11 is 0. The summed E-state index contributed by atoms with van der Waals surface area (Å²) in [6.45, 7) is 1.62. The van der Waals surface area contributed by atoms with E-state index in [2.05, 4.69) is 0 Å². The van der Waals surface area contributed by atoms with Gasteiger partial charge in [-0.05, 0) is 19.1 Å². The van der Waals surface area contributed by atoms with Gasteiger partial charge in [0.2, 0.25) is 0 Å². The molecule has 0 radical (unpaired) electrons. The van der Waals surface area contributed by atoms with E-state index < -0.39 is 40.1 Å². The molecule has 2 rings (SSSR count). The van der Waals surface area contributed by atoms with Crippen molar-refractivity contribution in [3.05, 3.63) is 50.0 Å². The highest BCUT2D eigenvalue weighted by Crippen LogP contribution is 2.37. The lowest BCUT2D eigenvalue weighted by Gasteiger charge is -2.17. The second kappa shape index (κ2) is 6.43. The summed E-state index contributed by atoms with van der Waals surface area (Å²) < 4.78 is 59.7. The van der Waals surface area contributed by atoms with Crippen molar-refractivity contribution < 1.29 is 22.3 Å². The summed E-state index contributed by atoms with van der Waals surface area (Å²) in [6.07, 6.45) is -5.09. The van der Waals surface area contributed by atoms with E-state index in [1.165, 1.54) is 0 Å². The van der Waals surface area contributed by atoms with Crippen LogP contribution in [0.15, 0.2) is 21.7 Å². The number of aromatic nitrogens is 2. The molecule has 0 aliphatic heterocycles. The highest BCUT2D eigenvalue weighted by atomic mass is 19.4. The molecule has 0 fully saturated rings. The molecule has 0 atom stereocenters. The van der Waals surface area contributed by atoms with Gasteiger partial charge in [0.25, 0.3) is 5.56 Å². The maximum atomic E-state index is 14.3. The van der Waals surface area contributed by atoms with Crippen molar-refractivity contribution in [2.24, 2.45) is 7.05 Å². The van der Waals surface area contributed by atoms with Gasteiger partial charge in [-0.15, -0.1) is 0 Å². The summed E-state index contributed by atoms with van der Waals surface area (Å²) in [6, 6.07) is 3.16. The standard InChI is InChI=1S/C15H11F4N3O3/c1-3-25-10-5-8(9(16)4-7(10)6-20)11-12(15(17,18)19)22(2)14(24)21-13(11)23/h4-5H,3H2,1-2H3,(H,21,23,24). The van der Waals surface area contributed by atoms with Crippen LogP contribution in [0.1, 0.15) is 18.2 Å². The van der Waals surface area contributed by atoms with Crippen molar-refractivity contribution in [1.82, 2.24) is 9.55 Å². The summed E-state index contributed by atoms with van der Waals surface area (Å²) in [4.78, 5) is 25.2. The minimum atomic E-state index is -5.09. The second-order valence-corrected chi connectivity index (χ2v) is 4.91. The van der Waals surface area contributed by atoms with Crippen molar-refractivity contribution >= 4 is 0 Å². The number of rotatable bonds is 3. The van der Waals surface area contributed by atoms with Crippen molar-refractivity contribution in [3.63, 3.8) is 0 Å². The van der Waals surface area contributed by atoms with E-state index in [1.54, 1.807) is 18.0 Å². The van der Waals surface area contributed by atoms with Crippen LogP contribution >= 0.6 is 0 Å². The number of H-pyrrole nitrogens is 1. The minimum Gasteiger partial charge on any atom is -0.492 e. The molecule has 0 unspecified atom stereocenters. The molecule has 0 bridgehead atoms. The average Bonchev–Trinajstić information content (AvgIpc) is 2.51. The van der Waals surface area contributed by atoms with Gasteiger partial charge in [0.15, 0.2) is 0 Å². The number of halogens is 4. The largest absolute Gasteiger partial charge is 0.492 e. The molecule has 0 saturated carbocycles. The predicted molar refractivity (Wildman–Crippen MR) is 78.6 cm³/mol. The van der Waals surface area contributed by atoms with Gasteiger partial charge in [0.1, 0.15) is 23.3 Å². The van der Waals surface area contributed by atoms with E-state index in [0.717, 1.165) is 13.1 Å². The van der Waals surface area contributed by atoms with Crippen LogP contribution in [0.3, 0.4) is 0 Å². The van der Waals surface area contributed by atoms with Crippen LogP contribution < -0.4 is 16.0 Å². The lowest BCUT2D eigenvalue weighted by atomic mass is 10.0. The van der Waals surface area contributed by atoms with Crippen molar-refractivity contribution in [1.29, 1.82) is 5.26 Å². The third-order valence-corrected chi connectivity index (χ3v) is 3.35. The summed E-state index contributed by atoms with van der Waals surface area (Å²) in [5, 5.41) is 8.96. The Kier molecular flexibility index (Phi) is 4.69. The fourth-order valence-corrected chi connectivity index (χ4v) is 2.31. The van der Waals surface area contributed by atoms with Gasteiger partial charge < -0.3 is 4.74 Å². The van der Waals surface area contributed by atoms with Crippen molar-refractivity contribution in [2.75, 3.05) is 6.61 Å². The molecular weight excluding hydrogens is 346 g/mol. The van der Waals surface area contributed by atoms with Gasteiger partial charge in [-0.2, -0.15) is 18.4 Å². The normalized spacial score (nSPS) is 11.2. The minimum absolute atomic E-state index is 0.0650. The Balaban J connectivity index is 2.95. The number of benzene rings is 1. The quantitative estimate of drug-likeness (QED) is 0.853. The zero-order chi connectivity index (χ0) is 18.9. The van der Waals surface area contributed by atoms with Crippen LogP contribution in [0, 0.1) is 17.1 Å². The van der Waals surface area contributed by atoms with Crippen LogP contribution in [-0.4, -0.2) is 16.2 Å². The molecule has 0 aliphatic rings. The number of nitrogens with zero attached hydrogens (tertiary/aromatic N) is 2. The molecule has 132 valence electrons. The number of hydrogen-bond acceptors (Lipinski definition) is 4. The summed E-state index contributed by atoms with van der Waals surface area (Å²) in [5.74, 6) is -1.41. The smallest absolute Gasteiger partial charge is 0.432 e. The number of alkyl halides is 3. The molecular formula is C15H11F4N3O3. The first-order chi connectivity index (χ1) is 11.6. The maximum absolute atomic E-state index is 14.3. The molecule has 1 aromatic carbocycles. The Morgan fingerprint density at radius 3 is 2.48 bits per heavy atom. The second-order valence-electron chi connectivity index (χ2n) is 4.91. The molecule has 0 saturated heterocycles. The molecule has 1 heterocycles. The number of ether oxygens (including phenoxy) is 1. The predicted octanol–water partition coefficient (Wildman–Crippen LogP) is 2.17. The summed E-state index contributed by atoms with van der Waals surface area (Å²) in [5.41, 5.74) is -6.34. The Bertz CT molecular complexity index is 984. The Labute approximate surface area is 137 Å². The van der Waals surface area contributed by atoms with Gasteiger partial charge in [0.05, 0.1) is 17.7 Å². The third-order valence-electron chi connectivity index (χ3n) is 3.35. The third kappa shape index (κ3) is 3.26. The van der Waals surface area contributed by atoms with E-state index in [0.29, 0.717) is 6.07 Å². The number of nitrogens with one attached hydrogen (secondary N) is 1. The zero-order valence-corrected chi connectivity index (χ0v) is 13.0. The van der Waals surface area contributed by atoms with Gasteiger partial charge in [-0.3, -0.25) is 14.3 Å². The van der Waals surface area contributed by atoms with E-state index in [9.17, 15) is 27.2 Å². The SMILES string of the molecule is CCOc1cc(-c2c(C(F)(F)F)n(C)c(=O)[nH]c2=O)c(F)cc1C#N. The molecule has 0 spiro atoms. The Morgan fingerprint density at radius 2 is 1.96 bits per heavy atom. The monoisotopic (exact) mass is 357 g/mol. The number of hydrogen-bond donors (Lipinski definition) is 1. The average molecular weight is 357 g/mol. The van der Waals surface area contributed by atoms with Gasteiger partial charge in [-0.1, -0.05) is 0 Å². The first-order valence-corrected chi connectivity index (χ1v) is 6.89. The lowest BCUT2D eigenvalue weighted by molar-refractivity contribution is -0.143. The van der Waals surface area contributed by atoms with E-state index in [1.807, 2.05) is 0 Å². The van der Waals surface area contributed by atoms with Crippen molar-refractivity contribution in [3.8, 4) is 22.9 Å². The number of aromatic amines is 1. The van der Waals surface area contributed by atoms with Crippen LogP contribution in [-0.2, 0) is 13.2 Å². The van der Waals surface area contributed by atoms with Gasteiger partial charge >= 0.3 is 11.9 Å². The lowest BCUT2D eigenvalue weighted by Crippen LogP contribution is -2.35. The van der Waals surface area contributed by atoms with Crippen LogP contribution in [0.4, 0.5) is 17.6 Å². The fourth-order valence-electron chi connectivity index (χ4n) is 2.31. The Hall–Kier alpha value is -3.09. The molecule has 1 aromatic heterocycles. The first-order valence-electron chi connectivity index (χ1n) is 6.89. The molecule has 0 amide bonds. The highest BCUT2D eigenvalue weighted by molar-refractivity contribution is 5.70. The summed E-state index contributed by atoms with van der Waals surface area (Å²) in [7, 11) is 0.801. The fraction of sp³-hybridized carbons (Fsp3) is 0.267. The van der Waals surface area contributed by atoms with E-state index >= 15 is 0 Å².